The van der Waals surface area contributed by atoms with Gasteiger partial charge in [0.15, 0.2) is 0 Å². The average Bonchev–Trinajstić information content (AvgIpc) is 3.69. The molecule has 0 spiro atoms. The Morgan fingerprint density at radius 1 is 0.339 bits per heavy atom. The predicted octanol–water partition coefficient (Wildman–Crippen LogP) is 14.3. The molecule has 10 aromatic rings. The molecule has 0 unspecified atom stereocenters. The molecule has 0 amide bonds. The third kappa shape index (κ3) is 6.12. The van der Waals surface area contributed by atoms with Crippen LogP contribution in [0.25, 0.3) is 72.2 Å². The summed E-state index contributed by atoms with van der Waals surface area (Å²) in [5, 5.41) is 7.74. The van der Waals surface area contributed by atoms with Gasteiger partial charge in [-0.05, 0) is 81.7 Å². The van der Waals surface area contributed by atoms with Gasteiger partial charge in [0.25, 0.3) is 0 Å². The first-order chi connectivity index (χ1) is 27.8. The lowest BCUT2D eigenvalue weighted by Crippen LogP contribution is -2.09. The quantitative estimate of drug-likeness (QED) is 0.156. The molecular formula is C53H37N3. The Bertz CT molecular complexity index is 2860. The molecule has 0 aliphatic carbocycles. The van der Waals surface area contributed by atoms with E-state index in [0.29, 0.717) is 0 Å². The summed E-state index contributed by atoms with van der Waals surface area (Å²) in [4.78, 5) is 2.29. The van der Waals surface area contributed by atoms with Crippen molar-refractivity contribution >= 4 is 33.4 Å². The van der Waals surface area contributed by atoms with Gasteiger partial charge >= 0.3 is 0 Å². The van der Waals surface area contributed by atoms with Crippen molar-refractivity contribution in [3.05, 3.63) is 224 Å². The van der Waals surface area contributed by atoms with Crippen molar-refractivity contribution in [1.29, 1.82) is 0 Å². The fourth-order valence-corrected chi connectivity index (χ4v) is 7.87. The van der Waals surface area contributed by atoms with Gasteiger partial charge in [0.05, 0.1) is 11.2 Å². The summed E-state index contributed by atoms with van der Waals surface area (Å²) >= 11 is 0. The van der Waals surface area contributed by atoms with Gasteiger partial charge in [-0.2, -0.15) is 5.10 Å². The lowest BCUT2D eigenvalue weighted by Gasteiger charge is -2.25. The number of nitrogens with zero attached hydrogens (tertiary/aromatic N) is 3. The monoisotopic (exact) mass is 715 g/mol. The summed E-state index contributed by atoms with van der Waals surface area (Å²) in [6.07, 6.45) is 0. The molecule has 3 nitrogen and oxygen atoms in total. The second kappa shape index (κ2) is 14.4. The summed E-state index contributed by atoms with van der Waals surface area (Å²) in [6.45, 7) is 0. The number of fused-ring (bicyclic) bond motifs is 3. The number of aromatic nitrogens is 2. The van der Waals surface area contributed by atoms with E-state index in [0.717, 1.165) is 67.2 Å². The highest BCUT2D eigenvalue weighted by Gasteiger charge is 2.22. The molecule has 0 saturated carbocycles. The maximum Gasteiger partial charge on any atom is 0.101 e. The van der Waals surface area contributed by atoms with Crippen molar-refractivity contribution in [2.75, 3.05) is 4.90 Å². The Hall–Kier alpha value is -7.49. The molecule has 10 rings (SSSR count). The molecule has 0 aliphatic heterocycles. The predicted molar refractivity (Wildman–Crippen MR) is 235 cm³/mol. The summed E-state index contributed by atoms with van der Waals surface area (Å²) in [5.41, 5.74) is 15.7. The van der Waals surface area contributed by atoms with E-state index in [1.165, 1.54) is 22.1 Å². The van der Waals surface area contributed by atoms with Crippen LogP contribution >= 0.6 is 0 Å². The molecule has 2 heterocycles. The fourth-order valence-electron chi connectivity index (χ4n) is 7.87. The molecule has 8 aromatic carbocycles. The van der Waals surface area contributed by atoms with E-state index in [9.17, 15) is 0 Å². The first kappa shape index (κ1) is 33.1. The molecule has 0 aliphatic rings. The van der Waals surface area contributed by atoms with Crippen LogP contribution in [-0.2, 0) is 0 Å². The lowest BCUT2D eigenvalue weighted by molar-refractivity contribution is 0.979. The number of benzene rings is 8. The van der Waals surface area contributed by atoms with E-state index < -0.39 is 0 Å². The number of rotatable bonds is 8. The van der Waals surface area contributed by atoms with Gasteiger partial charge < -0.3 is 4.90 Å². The maximum atomic E-state index is 5.40. The van der Waals surface area contributed by atoms with Crippen LogP contribution in [0, 0.1) is 0 Å². The van der Waals surface area contributed by atoms with E-state index in [4.69, 9.17) is 5.10 Å². The highest BCUT2D eigenvalue weighted by Crippen LogP contribution is 2.42. The second-order valence-corrected chi connectivity index (χ2v) is 14.0. The minimum Gasteiger partial charge on any atom is -0.311 e. The highest BCUT2D eigenvalue weighted by molar-refractivity contribution is 6.09. The van der Waals surface area contributed by atoms with Crippen LogP contribution in [0.4, 0.5) is 17.1 Å². The Morgan fingerprint density at radius 2 is 0.768 bits per heavy atom. The standard InChI is InChI=1S/C53H37N3/c1-6-16-41(17-7-1)50-37-45-31-30-44(36-49(45)53-51(42-18-8-2-9-19-42)52(54-56(50)53)43-20-10-3-11-21-43)40-28-26-38(27-29-40)39-32-34-48(35-33-39)55(46-22-12-4-13-23-46)47-24-14-5-15-25-47/h1-37H. The normalized spacial score (nSPS) is 11.2. The average molecular weight is 716 g/mol. The smallest absolute Gasteiger partial charge is 0.101 e. The van der Waals surface area contributed by atoms with Crippen LogP contribution < -0.4 is 4.90 Å². The van der Waals surface area contributed by atoms with Crippen LogP contribution in [0.15, 0.2) is 224 Å². The van der Waals surface area contributed by atoms with Gasteiger partial charge in [0.2, 0.25) is 0 Å². The zero-order chi connectivity index (χ0) is 37.3. The van der Waals surface area contributed by atoms with E-state index in [1.807, 2.05) is 0 Å². The summed E-state index contributed by atoms with van der Waals surface area (Å²) in [5.74, 6) is 0. The number of hydrogen-bond donors (Lipinski definition) is 0. The van der Waals surface area contributed by atoms with Crippen molar-refractivity contribution < 1.29 is 0 Å². The van der Waals surface area contributed by atoms with Crippen molar-refractivity contribution in [3.63, 3.8) is 0 Å². The van der Waals surface area contributed by atoms with E-state index >= 15 is 0 Å². The van der Waals surface area contributed by atoms with Gasteiger partial charge in [-0.25, -0.2) is 4.52 Å². The van der Waals surface area contributed by atoms with Gasteiger partial charge in [0, 0.05) is 39.1 Å². The van der Waals surface area contributed by atoms with Gasteiger partial charge in [-0.3, -0.25) is 0 Å². The van der Waals surface area contributed by atoms with Crippen LogP contribution in [0.1, 0.15) is 0 Å². The van der Waals surface area contributed by atoms with Crippen molar-refractivity contribution in [3.8, 4) is 55.9 Å². The highest BCUT2D eigenvalue weighted by atomic mass is 15.2. The van der Waals surface area contributed by atoms with Gasteiger partial charge in [-0.15, -0.1) is 0 Å². The van der Waals surface area contributed by atoms with Crippen LogP contribution in [0.3, 0.4) is 0 Å². The summed E-state index contributed by atoms with van der Waals surface area (Å²) in [6, 6.07) is 79.8. The third-order valence-corrected chi connectivity index (χ3v) is 10.6. The Balaban J connectivity index is 1.07. The molecule has 56 heavy (non-hydrogen) atoms. The van der Waals surface area contributed by atoms with E-state index in [-0.39, 0.29) is 0 Å². The van der Waals surface area contributed by atoms with Crippen LogP contribution in [-0.4, -0.2) is 9.61 Å². The fraction of sp³-hybridized carbons (Fsp3) is 0. The van der Waals surface area contributed by atoms with Gasteiger partial charge in [-0.1, -0.05) is 176 Å². The molecule has 3 heteroatoms. The SMILES string of the molecule is c1ccc(-c2nn3c(-c4ccccc4)cc4ccc(-c5ccc(-c6ccc(N(c7ccccc7)c7ccccc7)cc6)cc5)cc4c3c2-c2ccccc2)cc1. The number of hydrogen-bond acceptors (Lipinski definition) is 2. The molecule has 0 N–H and O–H groups in total. The first-order valence-corrected chi connectivity index (χ1v) is 19.1. The molecule has 0 saturated heterocycles. The topological polar surface area (TPSA) is 20.5 Å². The Morgan fingerprint density at radius 3 is 1.32 bits per heavy atom. The number of pyridine rings is 1. The molecule has 0 radical (unpaired) electrons. The van der Waals surface area contributed by atoms with Crippen molar-refractivity contribution in [2.24, 2.45) is 0 Å². The minimum absolute atomic E-state index is 0.970. The lowest BCUT2D eigenvalue weighted by atomic mass is 9.94. The molecular weight excluding hydrogens is 679 g/mol. The molecule has 0 fully saturated rings. The summed E-state index contributed by atoms with van der Waals surface area (Å²) in [7, 11) is 0. The molecule has 264 valence electrons. The number of anilines is 3. The first-order valence-electron chi connectivity index (χ1n) is 19.1. The van der Waals surface area contributed by atoms with Crippen LogP contribution in [0.2, 0.25) is 0 Å². The zero-order valence-corrected chi connectivity index (χ0v) is 30.7. The van der Waals surface area contributed by atoms with E-state index in [1.54, 1.807) is 0 Å². The van der Waals surface area contributed by atoms with Crippen molar-refractivity contribution in [2.45, 2.75) is 0 Å². The van der Waals surface area contributed by atoms with Crippen molar-refractivity contribution in [1.82, 2.24) is 9.61 Å². The Labute approximate surface area is 327 Å². The number of para-hydroxylation sites is 2. The van der Waals surface area contributed by atoms with E-state index in [2.05, 4.69) is 234 Å². The molecule has 0 bridgehead atoms. The largest absolute Gasteiger partial charge is 0.311 e. The second-order valence-electron chi connectivity index (χ2n) is 14.0. The van der Waals surface area contributed by atoms with Gasteiger partial charge in [0.1, 0.15) is 5.69 Å². The van der Waals surface area contributed by atoms with Crippen LogP contribution in [0.5, 0.6) is 0 Å². The molecule has 2 aromatic heterocycles. The Kier molecular flexibility index (Phi) is 8.51. The zero-order valence-electron chi connectivity index (χ0n) is 30.7. The third-order valence-electron chi connectivity index (χ3n) is 10.6. The maximum absolute atomic E-state index is 5.40. The minimum atomic E-state index is 0.970. The summed E-state index contributed by atoms with van der Waals surface area (Å²) < 4.78 is 2.16. The molecule has 0 atom stereocenters.